The van der Waals surface area contributed by atoms with Crippen molar-refractivity contribution in [3.63, 3.8) is 0 Å². The van der Waals surface area contributed by atoms with Gasteiger partial charge in [0.1, 0.15) is 0 Å². The van der Waals surface area contributed by atoms with Crippen molar-refractivity contribution in [2.75, 3.05) is 44.2 Å². The van der Waals surface area contributed by atoms with Crippen molar-refractivity contribution in [2.24, 2.45) is 4.99 Å². The Balaban J connectivity index is 1.94. The van der Waals surface area contributed by atoms with Gasteiger partial charge in [0.2, 0.25) is 0 Å². The van der Waals surface area contributed by atoms with Gasteiger partial charge in [-0.3, -0.25) is 0 Å². The maximum Gasteiger partial charge on any atom is 0.194 e. The third-order valence-electron chi connectivity index (χ3n) is 3.41. The Labute approximate surface area is 121 Å². The van der Waals surface area contributed by atoms with Gasteiger partial charge in [-0.1, -0.05) is 24.3 Å². The zero-order valence-electron chi connectivity index (χ0n) is 12.3. The molecule has 1 N–H and O–H groups in total. The van der Waals surface area contributed by atoms with Crippen molar-refractivity contribution < 1.29 is 0 Å². The first-order chi connectivity index (χ1) is 9.85. The number of rotatable bonds is 4. The van der Waals surface area contributed by atoms with E-state index in [4.69, 9.17) is 0 Å². The molecular formula is C16H24N4. The Morgan fingerprint density at radius 3 is 2.55 bits per heavy atom. The van der Waals surface area contributed by atoms with E-state index in [9.17, 15) is 0 Å². The number of guanidine groups is 1. The molecule has 20 heavy (non-hydrogen) atoms. The topological polar surface area (TPSA) is 30.9 Å². The van der Waals surface area contributed by atoms with Crippen LogP contribution in [0.2, 0.25) is 0 Å². The van der Waals surface area contributed by atoms with Crippen LogP contribution in [-0.4, -0.2) is 50.1 Å². The highest BCUT2D eigenvalue weighted by Crippen LogP contribution is 2.15. The molecule has 0 unspecified atom stereocenters. The van der Waals surface area contributed by atoms with E-state index in [0.29, 0.717) is 6.54 Å². The summed E-state index contributed by atoms with van der Waals surface area (Å²) in [6.45, 7) is 11.5. The van der Waals surface area contributed by atoms with Gasteiger partial charge in [-0.2, -0.15) is 0 Å². The summed E-state index contributed by atoms with van der Waals surface area (Å²) in [6.07, 6.45) is 1.83. The molecule has 1 aromatic carbocycles. The van der Waals surface area contributed by atoms with Gasteiger partial charge in [0.05, 0.1) is 6.54 Å². The number of anilines is 1. The van der Waals surface area contributed by atoms with Crippen LogP contribution in [0.3, 0.4) is 0 Å². The fourth-order valence-electron chi connectivity index (χ4n) is 2.39. The van der Waals surface area contributed by atoms with Gasteiger partial charge in [0.25, 0.3) is 0 Å². The summed E-state index contributed by atoms with van der Waals surface area (Å²) in [4.78, 5) is 9.30. The van der Waals surface area contributed by atoms with Crippen molar-refractivity contribution in [1.29, 1.82) is 0 Å². The first-order valence-electron chi connectivity index (χ1n) is 7.29. The second kappa shape index (κ2) is 7.58. The molecule has 2 rings (SSSR count). The molecule has 1 aliphatic rings. The van der Waals surface area contributed by atoms with Gasteiger partial charge in [-0.15, -0.1) is 6.58 Å². The fraction of sp³-hybridized carbons (Fsp3) is 0.438. The number of nitrogens with zero attached hydrogens (tertiary/aromatic N) is 3. The summed E-state index contributed by atoms with van der Waals surface area (Å²) in [6, 6.07) is 10.6. The van der Waals surface area contributed by atoms with Crippen molar-refractivity contribution in [3.05, 3.63) is 43.0 Å². The maximum atomic E-state index is 4.55. The number of piperazine rings is 1. The van der Waals surface area contributed by atoms with Gasteiger partial charge >= 0.3 is 0 Å². The van der Waals surface area contributed by atoms with Crippen molar-refractivity contribution in [2.45, 2.75) is 6.92 Å². The van der Waals surface area contributed by atoms with Crippen LogP contribution in [-0.2, 0) is 0 Å². The molecule has 0 aliphatic carbocycles. The molecule has 1 saturated heterocycles. The van der Waals surface area contributed by atoms with Crippen molar-refractivity contribution in [3.8, 4) is 0 Å². The molecule has 1 aromatic rings. The van der Waals surface area contributed by atoms with Gasteiger partial charge in [-0.05, 0) is 19.1 Å². The van der Waals surface area contributed by atoms with Crippen LogP contribution < -0.4 is 10.2 Å². The molecule has 0 atom stereocenters. The molecule has 1 fully saturated rings. The normalized spacial score (nSPS) is 16.1. The van der Waals surface area contributed by atoms with Crippen molar-refractivity contribution in [1.82, 2.24) is 10.2 Å². The molecular weight excluding hydrogens is 248 g/mol. The Morgan fingerprint density at radius 1 is 1.25 bits per heavy atom. The van der Waals surface area contributed by atoms with Gasteiger partial charge < -0.3 is 15.1 Å². The summed E-state index contributed by atoms with van der Waals surface area (Å²) in [5, 5.41) is 3.35. The van der Waals surface area contributed by atoms with Gasteiger partial charge in [-0.25, -0.2) is 4.99 Å². The van der Waals surface area contributed by atoms with Crippen LogP contribution in [0, 0.1) is 0 Å². The smallest absolute Gasteiger partial charge is 0.194 e. The van der Waals surface area contributed by atoms with Gasteiger partial charge in [0, 0.05) is 38.4 Å². The van der Waals surface area contributed by atoms with Crippen LogP contribution in [0.1, 0.15) is 6.92 Å². The predicted molar refractivity (Wildman–Crippen MR) is 86.4 cm³/mol. The Bertz CT molecular complexity index is 433. The van der Waals surface area contributed by atoms with Crippen LogP contribution in [0.4, 0.5) is 5.69 Å². The highest BCUT2D eigenvalue weighted by molar-refractivity contribution is 5.80. The summed E-state index contributed by atoms with van der Waals surface area (Å²) in [5.74, 6) is 1.00. The number of nitrogens with one attached hydrogen (secondary N) is 1. The summed E-state index contributed by atoms with van der Waals surface area (Å²) >= 11 is 0. The van der Waals surface area contributed by atoms with E-state index in [2.05, 4.69) is 63.9 Å². The molecule has 0 bridgehead atoms. The van der Waals surface area contributed by atoms with Gasteiger partial charge in [0.15, 0.2) is 5.96 Å². The zero-order valence-corrected chi connectivity index (χ0v) is 12.3. The molecule has 108 valence electrons. The average Bonchev–Trinajstić information content (AvgIpc) is 2.52. The third-order valence-corrected chi connectivity index (χ3v) is 3.41. The average molecular weight is 272 g/mol. The van der Waals surface area contributed by atoms with Crippen molar-refractivity contribution >= 4 is 11.6 Å². The number of aliphatic imine (C=N–C) groups is 1. The number of hydrogen-bond donors (Lipinski definition) is 1. The minimum Gasteiger partial charge on any atom is -0.368 e. The molecule has 1 heterocycles. The zero-order chi connectivity index (χ0) is 14.2. The lowest BCUT2D eigenvalue weighted by molar-refractivity contribution is 0.373. The second-order valence-electron chi connectivity index (χ2n) is 4.79. The third kappa shape index (κ3) is 3.76. The molecule has 4 heteroatoms. The SMILES string of the molecule is C=CCN=C(NCC)N1CCN(c2ccccc2)CC1. The van der Waals surface area contributed by atoms with Crippen LogP contribution in [0.15, 0.2) is 48.0 Å². The van der Waals surface area contributed by atoms with E-state index < -0.39 is 0 Å². The van der Waals surface area contributed by atoms with E-state index in [0.717, 1.165) is 38.7 Å². The van der Waals surface area contributed by atoms with E-state index in [-0.39, 0.29) is 0 Å². The molecule has 0 saturated carbocycles. The maximum absolute atomic E-state index is 4.55. The summed E-state index contributed by atoms with van der Waals surface area (Å²) in [5.41, 5.74) is 1.31. The highest BCUT2D eigenvalue weighted by Gasteiger charge is 2.19. The summed E-state index contributed by atoms with van der Waals surface area (Å²) < 4.78 is 0. The number of hydrogen-bond acceptors (Lipinski definition) is 2. The van der Waals surface area contributed by atoms with Crippen LogP contribution in [0.25, 0.3) is 0 Å². The Hall–Kier alpha value is -1.97. The minimum absolute atomic E-state index is 0.668. The molecule has 1 aliphatic heterocycles. The standard InChI is InChI=1S/C16H24N4/c1-3-10-18-16(17-4-2)20-13-11-19(12-14-20)15-8-6-5-7-9-15/h3,5-9H,1,4,10-14H2,2H3,(H,17,18). The van der Waals surface area contributed by atoms with Crippen LogP contribution >= 0.6 is 0 Å². The quantitative estimate of drug-likeness (QED) is 0.516. The Morgan fingerprint density at radius 2 is 1.95 bits per heavy atom. The number of para-hydroxylation sites is 1. The van der Waals surface area contributed by atoms with E-state index in [1.807, 2.05) is 6.08 Å². The predicted octanol–water partition coefficient (Wildman–Crippen LogP) is 1.96. The lowest BCUT2D eigenvalue weighted by Crippen LogP contribution is -2.52. The highest BCUT2D eigenvalue weighted by atomic mass is 15.3. The van der Waals surface area contributed by atoms with E-state index in [1.54, 1.807) is 0 Å². The first kappa shape index (κ1) is 14.4. The monoisotopic (exact) mass is 272 g/mol. The lowest BCUT2D eigenvalue weighted by atomic mass is 10.2. The van der Waals surface area contributed by atoms with Crippen LogP contribution in [0.5, 0.6) is 0 Å². The molecule has 0 amide bonds. The van der Waals surface area contributed by atoms with E-state index in [1.165, 1.54) is 5.69 Å². The molecule has 0 radical (unpaired) electrons. The second-order valence-corrected chi connectivity index (χ2v) is 4.79. The molecule has 0 aromatic heterocycles. The number of benzene rings is 1. The molecule has 4 nitrogen and oxygen atoms in total. The molecule has 0 spiro atoms. The largest absolute Gasteiger partial charge is 0.368 e. The Kier molecular flexibility index (Phi) is 5.47. The minimum atomic E-state index is 0.668. The fourth-order valence-corrected chi connectivity index (χ4v) is 2.39. The lowest BCUT2D eigenvalue weighted by Gasteiger charge is -2.37. The first-order valence-corrected chi connectivity index (χ1v) is 7.29. The van der Waals surface area contributed by atoms with E-state index >= 15 is 0 Å². The summed E-state index contributed by atoms with van der Waals surface area (Å²) in [7, 11) is 0.